The fourth-order valence-corrected chi connectivity index (χ4v) is 2.00. The first kappa shape index (κ1) is 25.1. The van der Waals surface area contributed by atoms with Crippen molar-refractivity contribution >= 4 is 23.9 Å². The summed E-state index contributed by atoms with van der Waals surface area (Å²) in [7, 11) is 0. The number of ether oxygens (including phenoxy) is 2. The van der Waals surface area contributed by atoms with E-state index < -0.39 is 48.4 Å². The van der Waals surface area contributed by atoms with Crippen molar-refractivity contribution in [2.24, 2.45) is 28.7 Å². The van der Waals surface area contributed by atoms with Crippen LogP contribution in [-0.4, -0.2) is 55.1 Å². The summed E-state index contributed by atoms with van der Waals surface area (Å²) in [5.74, 6) is -4.04. The van der Waals surface area contributed by atoms with E-state index in [1.54, 1.807) is 0 Å². The van der Waals surface area contributed by atoms with Crippen LogP contribution in [0, 0.1) is 0 Å². The van der Waals surface area contributed by atoms with Gasteiger partial charge < -0.3 is 38.1 Å². The third-order valence-electron chi connectivity index (χ3n) is 3.65. The summed E-state index contributed by atoms with van der Waals surface area (Å²) < 4.78 is 9.07. The van der Waals surface area contributed by atoms with Crippen LogP contribution in [0.5, 0.6) is 0 Å². The van der Waals surface area contributed by atoms with Crippen molar-refractivity contribution in [2.45, 2.75) is 63.1 Å². The van der Waals surface area contributed by atoms with Gasteiger partial charge in [0.2, 0.25) is 0 Å². The second kappa shape index (κ2) is 14.2. The van der Waals surface area contributed by atoms with E-state index in [4.69, 9.17) is 28.7 Å². The minimum Gasteiger partial charge on any atom is -0.392 e. The maximum Gasteiger partial charge on any atom is 0.331 e. The van der Waals surface area contributed by atoms with Gasteiger partial charge in [-0.05, 0) is 38.8 Å². The van der Waals surface area contributed by atoms with Crippen LogP contribution in [0.1, 0.15) is 44.9 Å². The van der Waals surface area contributed by atoms with Gasteiger partial charge in [0.05, 0.1) is 6.42 Å². The van der Waals surface area contributed by atoms with Gasteiger partial charge in [0.15, 0.2) is 0 Å². The van der Waals surface area contributed by atoms with Crippen molar-refractivity contribution in [3.05, 3.63) is 0 Å². The highest BCUT2D eigenvalue weighted by Gasteiger charge is 2.27. The SMILES string of the molecule is NCCCC[C@H](N)C(=O)OC(=O)C[C@H](N)C(=O)OC(=O)[C@@H](N)CCCCN. The van der Waals surface area contributed by atoms with Gasteiger partial charge in [-0.2, -0.15) is 0 Å². The summed E-state index contributed by atoms with van der Waals surface area (Å²) in [6, 6.07) is -3.44. The quantitative estimate of drug-likeness (QED) is 0.129. The molecule has 0 rings (SSSR count). The van der Waals surface area contributed by atoms with Crippen molar-refractivity contribution in [3.63, 3.8) is 0 Å². The highest BCUT2D eigenvalue weighted by Crippen LogP contribution is 2.04. The molecule has 0 aromatic rings. The first-order chi connectivity index (χ1) is 12.7. The van der Waals surface area contributed by atoms with Crippen molar-refractivity contribution in [3.8, 4) is 0 Å². The number of nitrogens with two attached hydrogens (primary N) is 5. The average Bonchev–Trinajstić information content (AvgIpc) is 2.61. The molecule has 0 spiro atoms. The maximum atomic E-state index is 11.7. The fraction of sp³-hybridized carbons (Fsp3) is 0.750. The van der Waals surface area contributed by atoms with Crippen molar-refractivity contribution < 1.29 is 28.7 Å². The van der Waals surface area contributed by atoms with Crippen LogP contribution in [0.25, 0.3) is 0 Å². The first-order valence-electron chi connectivity index (χ1n) is 8.89. The molecule has 0 aromatic heterocycles. The van der Waals surface area contributed by atoms with Gasteiger partial charge in [-0.3, -0.25) is 4.79 Å². The standard InChI is InChI=1S/C16H31N5O6/c17-7-3-1-5-10(19)14(23)26-13(22)9-12(21)16(25)27-15(24)11(20)6-2-4-8-18/h10-12H,1-9,17-21H2/t10-,11-,12-/m0/s1. The molecular formula is C16H31N5O6. The Morgan fingerprint density at radius 1 is 0.630 bits per heavy atom. The van der Waals surface area contributed by atoms with Crippen LogP contribution in [0.15, 0.2) is 0 Å². The molecule has 0 unspecified atom stereocenters. The number of esters is 4. The van der Waals surface area contributed by atoms with Crippen LogP contribution >= 0.6 is 0 Å². The number of carbonyl (C=O) groups excluding carboxylic acids is 4. The molecule has 0 aliphatic heterocycles. The van der Waals surface area contributed by atoms with Crippen LogP contribution in [0.3, 0.4) is 0 Å². The molecule has 0 aliphatic rings. The molecule has 0 amide bonds. The first-order valence-corrected chi connectivity index (χ1v) is 8.89. The zero-order valence-corrected chi connectivity index (χ0v) is 15.4. The number of rotatable bonds is 13. The smallest absolute Gasteiger partial charge is 0.331 e. The number of hydrogen-bond acceptors (Lipinski definition) is 11. The predicted molar refractivity (Wildman–Crippen MR) is 96.6 cm³/mol. The lowest BCUT2D eigenvalue weighted by Crippen LogP contribution is -2.41. The Balaban J connectivity index is 4.27. The molecule has 0 bridgehead atoms. The highest BCUT2D eigenvalue weighted by atomic mass is 16.6. The normalized spacial score (nSPS) is 14.1. The molecule has 0 radical (unpaired) electrons. The predicted octanol–water partition coefficient (Wildman–Crippen LogP) is -2.24. The topological polar surface area (TPSA) is 217 Å². The lowest BCUT2D eigenvalue weighted by molar-refractivity contribution is -0.167. The van der Waals surface area contributed by atoms with E-state index in [0.717, 1.165) is 0 Å². The number of unbranched alkanes of at least 4 members (excludes halogenated alkanes) is 2. The zero-order chi connectivity index (χ0) is 20.8. The molecule has 11 heteroatoms. The molecule has 0 saturated carbocycles. The number of hydrogen-bond donors (Lipinski definition) is 5. The van der Waals surface area contributed by atoms with Gasteiger partial charge in [-0.15, -0.1) is 0 Å². The molecule has 3 atom stereocenters. The van der Waals surface area contributed by atoms with E-state index >= 15 is 0 Å². The van der Waals surface area contributed by atoms with Crippen LogP contribution < -0.4 is 28.7 Å². The second-order valence-corrected chi connectivity index (χ2v) is 6.13. The molecule has 0 aliphatic carbocycles. The van der Waals surface area contributed by atoms with E-state index in [0.29, 0.717) is 51.6 Å². The molecule has 156 valence electrons. The van der Waals surface area contributed by atoms with E-state index in [-0.39, 0.29) is 0 Å². The molecular weight excluding hydrogens is 358 g/mol. The van der Waals surface area contributed by atoms with E-state index in [2.05, 4.69) is 9.47 Å². The summed E-state index contributed by atoms with van der Waals surface area (Å²) in [4.78, 5) is 46.7. The third-order valence-corrected chi connectivity index (χ3v) is 3.65. The van der Waals surface area contributed by atoms with Crippen LogP contribution in [0.2, 0.25) is 0 Å². The molecule has 0 saturated heterocycles. The fourth-order valence-electron chi connectivity index (χ4n) is 2.00. The summed E-state index contributed by atoms with van der Waals surface area (Å²) in [5.41, 5.74) is 27.3. The summed E-state index contributed by atoms with van der Waals surface area (Å²) in [6.45, 7) is 0.927. The van der Waals surface area contributed by atoms with Crippen molar-refractivity contribution in [1.82, 2.24) is 0 Å². The Morgan fingerprint density at radius 3 is 1.48 bits per heavy atom. The molecule has 11 nitrogen and oxygen atoms in total. The summed E-state index contributed by atoms with van der Waals surface area (Å²) >= 11 is 0. The van der Waals surface area contributed by atoms with Gasteiger partial charge in [0.25, 0.3) is 0 Å². The van der Waals surface area contributed by atoms with Crippen LogP contribution in [0.4, 0.5) is 0 Å². The molecule has 0 aromatic carbocycles. The minimum atomic E-state index is -1.47. The van der Waals surface area contributed by atoms with Crippen molar-refractivity contribution in [1.29, 1.82) is 0 Å². The summed E-state index contributed by atoms with van der Waals surface area (Å²) in [5, 5.41) is 0. The molecule has 0 fully saturated rings. The van der Waals surface area contributed by atoms with Crippen LogP contribution in [-0.2, 0) is 28.7 Å². The van der Waals surface area contributed by atoms with Gasteiger partial charge >= 0.3 is 23.9 Å². The monoisotopic (exact) mass is 389 g/mol. The van der Waals surface area contributed by atoms with E-state index in [1.165, 1.54) is 0 Å². The number of carbonyl (C=O) groups is 4. The Kier molecular flexibility index (Phi) is 13.2. The van der Waals surface area contributed by atoms with Gasteiger partial charge in [0, 0.05) is 0 Å². The van der Waals surface area contributed by atoms with Crippen molar-refractivity contribution in [2.75, 3.05) is 13.1 Å². The molecule has 27 heavy (non-hydrogen) atoms. The Labute approximate surface area is 158 Å². The average molecular weight is 389 g/mol. The van der Waals surface area contributed by atoms with E-state index in [1.807, 2.05) is 0 Å². The van der Waals surface area contributed by atoms with Gasteiger partial charge in [-0.25, -0.2) is 14.4 Å². The Bertz CT molecular complexity index is 502. The molecule has 0 heterocycles. The second-order valence-electron chi connectivity index (χ2n) is 6.13. The lowest BCUT2D eigenvalue weighted by atomic mass is 10.1. The molecule has 10 N–H and O–H groups in total. The summed E-state index contributed by atoms with van der Waals surface area (Å²) in [6.07, 6.45) is 2.56. The highest BCUT2D eigenvalue weighted by molar-refractivity contribution is 5.94. The largest absolute Gasteiger partial charge is 0.392 e. The zero-order valence-electron chi connectivity index (χ0n) is 15.4. The third kappa shape index (κ3) is 11.4. The minimum absolute atomic E-state index is 0.303. The Morgan fingerprint density at radius 2 is 1.04 bits per heavy atom. The maximum absolute atomic E-state index is 11.7. The lowest BCUT2D eigenvalue weighted by Gasteiger charge is -2.14. The van der Waals surface area contributed by atoms with Gasteiger partial charge in [-0.1, -0.05) is 12.8 Å². The van der Waals surface area contributed by atoms with E-state index in [9.17, 15) is 19.2 Å². The Hall–Kier alpha value is -1.92. The van der Waals surface area contributed by atoms with Gasteiger partial charge in [0.1, 0.15) is 18.1 Å².